The minimum atomic E-state index is -0.256. The highest BCUT2D eigenvalue weighted by atomic mass is 79.9. The number of carbonyl (C=O) groups is 2. The van der Waals surface area contributed by atoms with Gasteiger partial charge in [0.15, 0.2) is 0 Å². The molecular weight excluding hydrogens is 310 g/mol. The Labute approximate surface area is 121 Å². The first-order chi connectivity index (χ1) is 8.95. The van der Waals surface area contributed by atoms with E-state index in [1.807, 2.05) is 20.8 Å². The van der Waals surface area contributed by atoms with Crippen molar-refractivity contribution in [3.8, 4) is 0 Å². The zero-order valence-electron chi connectivity index (χ0n) is 11.3. The van der Waals surface area contributed by atoms with Gasteiger partial charge in [-0.25, -0.2) is 4.98 Å². The standard InChI is InChI=1S/C13H18BrN3O2/c1-4-17(8-11(18)16-9(2)3)13(19)12-10(14)6-5-7-15-12/h5-7,9H,4,8H2,1-3H3,(H,16,18). The van der Waals surface area contributed by atoms with Gasteiger partial charge in [-0.1, -0.05) is 0 Å². The number of hydrogen-bond acceptors (Lipinski definition) is 3. The van der Waals surface area contributed by atoms with E-state index in [0.717, 1.165) is 0 Å². The van der Waals surface area contributed by atoms with Crippen molar-refractivity contribution in [2.75, 3.05) is 13.1 Å². The van der Waals surface area contributed by atoms with Crippen molar-refractivity contribution in [2.24, 2.45) is 0 Å². The number of halogens is 1. The van der Waals surface area contributed by atoms with E-state index in [4.69, 9.17) is 0 Å². The Morgan fingerprint density at radius 1 is 1.47 bits per heavy atom. The van der Waals surface area contributed by atoms with Gasteiger partial charge in [-0.05, 0) is 48.8 Å². The predicted molar refractivity (Wildman–Crippen MR) is 76.8 cm³/mol. The highest BCUT2D eigenvalue weighted by Gasteiger charge is 2.20. The van der Waals surface area contributed by atoms with Crippen LogP contribution in [-0.4, -0.2) is 40.8 Å². The molecule has 0 saturated carbocycles. The molecule has 1 aromatic heterocycles. The molecule has 0 aromatic carbocycles. The first-order valence-electron chi connectivity index (χ1n) is 6.14. The number of amides is 2. The van der Waals surface area contributed by atoms with Crippen molar-refractivity contribution in [3.05, 3.63) is 28.5 Å². The Hall–Kier alpha value is -1.43. The van der Waals surface area contributed by atoms with Crippen LogP contribution < -0.4 is 5.32 Å². The highest BCUT2D eigenvalue weighted by Crippen LogP contribution is 2.15. The Balaban J connectivity index is 2.78. The molecule has 0 aliphatic rings. The number of nitrogens with zero attached hydrogens (tertiary/aromatic N) is 2. The lowest BCUT2D eigenvalue weighted by atomic mass is 10.3. The van der Waals surface area contributed by atoms with E-state index in [1.165, 1.54) is 4.90 Å². The van der Waals surface area contributed by atoms with E-state index in [2.05, 4.69) is 26.2 Å². The van der Waals surface area contributed by atoms with E-state index >= 15 is 0 Å². The van der Waals surface area contributed by atoms with Crippen LogP contribution in [0.5, 0.6) is 0 Å². The maximum Gasteiger partial charge on any atom is 0.274 e. The second-order valence-electron chi connectivity index (χ2n) is 4.38. The maximum atomic E-state index is 12.3. The number of nitrogens with one attached hydrogen (secondary N) is 1. The quantitative estimate of drug-likeness (QED) is 0.897. The van der Waals surface area contributed by atoms with Crippen molar-refractivity contribution in [1.29, 1.82) is 0 Å². The summed E-state index contributed by atoms with van der Waals surface area (Å²) in [7, 11) is 0. The molecule has 0 aliphatic heterocycles. The first-order valence-corrected chi connectivity index (χ1v) is 6.94. The fourth-order valence-electron chi connectivity index (χ4n) is 1.56. The van der Waals surface area contributed by atoms with Gasteiger partial charge in [-0.2, -0.15) is 0 Å². The maximum absolute atomic E-state index is 12.3. The van der Waals surface area contributed by atoms with Gasteiger partial charge in [0.1, 0.15) is 5.69 Å². The average molecular weight is 328 g/mol. The third-order valence-electron chi connectivity index (χ3n) is 2.41. The second kappa shape index (κ2) is 7.23. The van der Waals surface area contributed by atoms with Crippen LogP contribution in [0, 0.1) is 0 Å². The topological polar surface area (TPSA) is 62.3 Å². The lowest BCUT2D eigenvalue weighted by Gasteiger charge is -2.21. The Morgan fingerprint density at radius 3 is 2.68 bits per heavy atom. The van der Waals surface area contributed by atoms with Gasteiger partial charge >= 0.3 is 0 Å². The molecule has 104 valence electrons. The molecule has 0 saturated heterocycles. The lowest BCUT2D eigenvalue weighted by Crippen LogP contribution is -2.42. The Morgan fingerprint density at radius 2 is 2.16 bits per heavy atom. The predicted octanol–water partition coefficient (Wildman–Crippen LogP) is 1.83. The lowest BCUT2D eigenvalue weighted by molar-refractivity contribution is -0.122. The van der Waals surface area contributed by atoms with E-state index in [9.17, 15) is 9.59 Å². The molecule has 6 heteroatoms. The van der Waals surface area contributed by atoms with E-state index in [1.54, 1.807) is 18.3 Å². The van der Waals surface area contributed by atoms with Crippen LogP contribution in [0.25, 0.3) is 0 Å². The van der Waals surface area contributed by atoms with Crippen LogP contribution >= 0.6 is 15.9 Å². The third-order valence-corrected chi connectivity index (χ3v) is 3.05. The SMILES string of the molecule is CCN(CC(=O)NC(C)C)C(=O)c1ncccc1Br. The van der Waals surface area contributed by atoms with Crippen LogP contribution in [-0.2, 0) is 4.79 Å². The summed E-state index contributed by atoms with van der Waals surface area (Å²) >= 11 is 3.29. The monoisotopic (exact) mass is 327 g/mol. The smallest absolute Gasteiger partial charge is 0.274 e. The van der Waals surface area contributed by atoms with Crippen LogP contribution in [0.4, 0.5) is 0 Å². The van der Waals surface area contributed by atoms with Crippen LogP contribution in [0.1, 0.15) is 31.3 Å². The molecule has 0 spiro atoms. The number of hydrogen-bond donors (Lipinski definition) is 1. The fourth-order valence-corrected chi connectivity index (χ4v) is 1.99. The first kappa shape index (κ1) is 15.6. The van der Waals surface area contributed by atoms with E-state index in [-0.39, 0.29) is 24.4 Å². The average Bonchev–Trinajstić information content (AvgIpc) is 2.35. The minimum Gasteiger partial charge on any atom is -0.352 e. The summed E-state index contributed by atoms with van der Waals surface area (Å²) in [5, 5.41) is 2.76. The van der Waals surface area contributed by atoms with Gasteiger partial charge in [0.25, 0.3) is 5.91 Å². The van der Waals surface area contributed by atoms with Gasteiger partial charge in [-0.15, -0.1) is 0 Å². The summed E-state index contributed by atoms with van der Waals surface area (Å²) in [6.07, 6.45) is 1.56. The summed E-state index contributed by atoms with van der Waals surface area (Å²) in [6.45, 7) is 6.08. The number of carbonyl (C=O) groups excluding carboxylic acids is 2. The van der Waals surface area contributed by atoms with Crippen LogP contribution in [0.15, 0.2) is 22.8 Å². The number of pyridine rings is 1. The van der Waals surface area contributed by atoms with Crippen LogP contribution in [0.2, 0.25) is 0 Å². The third kappa shape index (κ3) is 4.63. The molecular formula is C13H18BrN3O2. The fraction of sp³-hybridized carbons (Fsp3) is 0.462. The largest absolute Gasteiger partial charge is 0.352 e. The van der Waals surface area contributed by atoms with Crippen molar-refractivity contribution in [3.63, 3.8) is 0 Å². The van der Waals surface area contributed by atoms with Gasteiger partial charge in [-0.3, -0.25) is 9.59 Å². The van der Waals surface area contributed by atoms with Crippen molar-refractivity contribution >= 4 is 27.7 Å². The molecule has 1 heterocycles. The normalized spacial score (nSPS) is 10.4. The van der Waals surface area contributed by atoms with Crippen molar-refractivity contribution in [1.82, 2.24) is 15.2 Å². The molecule has 1 rings (SSSR count). The zero-order chi connectivity index (χ0) is 14.4. The number of likely N-dealkylation sites (N-methyl/N-ethyl adjacent to an activating group) is 1. The minimum absolute atomic E-state index is 0.0382. The molecule has 0 bridgehead atoms. The molecule has 0 aliphatic carbocycles. The molecule has 2 amide bonds. The second-order valence-corrected chi connectivity index (χ2v) is 5.23. The molecule has 0 atom stereocenters. The molecule has 1 aromatic rings. The molecule has 1 N–H and O–H groups in total. The summed E-state index contributed by atoms with van der Waals surface area (Å²) in [5.74, 6) is -0.425. The number of aromatic nitrogens is 1. The Kier molecular flexibility index (Phi) is 5.95. The summed E-state index contributed by atoms with van der Waals surface area (Å²) < 4.78 is 0.628. The van der Waals surface area contributed by atoms with Gasteiger partial charge < -0.3 is 10.2 Å². The van der Waals surface area contributed by atoms with Crippen molar-refractivity contribution < 1.29 is 9.59 Å². The van der Waals surface area contributed by atoms with Crippen molar-refractivity contribution in [2.45, 2.75) is 26.8 Å². The summed E-state index contributed by atoms with van der Waals surface area (Å²) in [4.78, 5) is 29.5. The van der Waals surface area contributed by atoms with E-state index in [0.29, 0.717) is 16.7 Å². The summed E-state index contributed by atoms with van der Waals surface area (Å²) in [5.41, 5.74) is 0.321. The summed E-state index contributed by atoms with van der Waals surface area (Å²) in [6, 6.07) is 3.55. The molecule has 19 heavy (non-hydrogen) atoms. The highest BCUT2D eigenvalue weighted by molar-refractivity contribution is 9.10. The molecule has 0 fully saturated rings. The van der Waals surface area contributed by atoms with Crippen LogP contribution in [0.3, 0.4) is 0 Å². The van der Waals surface area contributed by atoms with Gasteiger partial charge in [0, 0.05) is 23.3 Å². The number of rotatable bonds is 5. The molecule has 5 nitrogen and oxygen atoms in total. The van der Waals surface area contributed by atoms with E-state index < -0.39 is 0 Å². The van der Waals surface area contributed by atoms with Gasteiger partial charge in [0.05, 0.1) is 6.54 Å². The molecule has 0 radical (unpaired) electrons. The van der Waals surface area contributed by atoms with Gasteiger partial charge in [0.2, 0.25) is 5.91 Å². The molecule has 0 unspecified atom stereocenters. The zero-order valence-corrected chi connectivity index (χ0v) is 12.9. The Bertz CT molecular complexity index is 463.